The molecule has 5 amide bonds. The second kappa shape index (κ2) is 47.4. The Morgan fingerprint density at radius 2 is 0.557 bits per heavy atom. The Hall–Kier alpha value is -15.8. The molecule has 0 aliphatic heterocycles. The van der Waals surface area contributed by atoms with E-state index in [1.165, 1.54) is 42.6 Å². The molecule has 0 radical (unpaired) electrons. The number of amides is 5. The van der Waals surface area contributed by atoms with Crippen molar-refractivity contribution in [3.8, 4) is 57.5 Å². The van der Waals surface area contributed by atoms with Crippen LogP contribution in [0, 0.1) is 46.3 Å². The van der Waals surface area contributed by atoms with Gasteiger partial charge in [-0.05, 0) is 222 Å². The van der Waals surface area contributed by atoms with Gasteiger partial charge >= 0.3 is 0 Å². The van der Waals surface area contributed by atoms with E-state index in [0.29, 0.717) is 108 Å². The lowest BCUT2D eigenvalue weighted by Gasteiger charge is -2.10. The van der Waals surface area contributed by atoms with Crippen LogP contribution in [0.5, 0.6) is 57.5 Å². The number of ether oxygens (including phenoxy) is 5. The summed E-state index contributed by atoms with van der Waals surface area (Å²) in [5, 5.41) is 14.2. The molecule has 6 aromatic carbocycles. The van der Waals surface area contributed by atoms with E-state index in [2.05, 4.69) is 71.4 Å². The molecule has 9 heterocycles. The van der Waals surface area contributed by atoms with Gasteiger partial charge in [-0.1, -0.05) is 83.8 Å². The SMILES string of the molecule is C.C.C.C.Cc1cc(C(=O)Nc2cccc(Oc3cccnc3)c2)ccc1F.Cc1cccc(C(=O)Nc2cc(Cl)cc(Oc3cccnc3)c2)n1.Cc1cccc(C(=O)Nc2cc(F)cc(Oc3cccnc3)c2)n1.Cc1cccc(C(=O)Nc2cccc(Oc3cccnc3)c2)n1.Cc1cccc(C(=O)Nc2cccc(Oc3cccnc3)c2)n1. The number of carbonyl (C=O) groups is 5. The normalized spacial score (nSPS) is 9.87. The van der Waals surface area contributed by atoms with E-state index in [-0.39, 0.29) is 76.3 Å². The van der Waals surface area contributed by atoms with E-state index < -0.39 is 11.7 Å². The van der Waals surface area contributed by atoms with E-state index >= 15 is 0 Å². The summed E-state index contributed by atoms with van der Waals surface area (Å²) in [6.07, 6.45) is 16.3. The molecule has 9 aromatic heterocycles. The predicted molar refractivity (Wildman–Crippen MR) is 472 cm³/mol. The van der Waals surface area contributed by atoms with Crippen molar-refractivity contribution in [3.63, 3.8) is 0 Å². The molecule has 0 atom stereocenters. The van der Waals surface area contributed by atoms with Crippen LogP contribution in [0.2, 0.25) is 5.02 Å². The van der Waals surface area contributed by atoms with Crippen LogP contribution in [0.4, 0.5) is 37.2 Å². The van der Waals surface area contributed by atoms with Gasteiger partial charge in [0, 0.05) is 129 Å². The summed E-state index contributed by atoms with van der Waals surface area (Å²) >= 11 is 6.11. The summed E-state index contributed by atoms with van der Waals surface area (Å²) in [5.74, 6) is 3.10. The Morgan fingerprint density at radius 3 is 0.869 bits per heavy atom. The van der Waals surface area contributed by atoms with Crippen LogP contribution < -0.4 is 50.3 Å². The maximum absolute atomic E-state index is 13.8. The standard InChI is InChI=1S/C19H15FN2O2.C18H14ClN3O2.C18H14FN3O2.2C18H15N3O2.4CH4/c1-13-10-14(7-8-18(13)20)19(23)22-15-4-2-5-16(11-15)24-17-6-3-9-21-12-17;2*1-12-4-2-6-17(21-12)18(23)22-14-8-13(19)9-16(10-14)24-15-5-3-7-20-11-15;2*1-13-5-2-9-17(20-13)18(22)21-14-6-3-7-15(11-14)23-16-8-4-10-19-12-16;;;;/h2-12H,1H3,(H,22,23);2*2-11H,1H3,(H,22,23);2*2-12H,1H3,(H,21,22);4*1H4. The fourth-order valence-corrected chi connectivity index (χ4v) is 10.7. The number of aromatic nitrogens is 9. The zero-order valence-corrected chi connectivity index (χ0v) is 64.6. The van der Waals surface area contributed by atoms with E-state index in [9.17, 15) is 32.8 Å². The topological polar surface area (TPSA) is 308 Å². The summed E-state index contributed by atoms with van der Waals surface area (Å²) in [5.41, 5.74) is 7.93. The van der Waals surface area contributed by atoms with Crippen molar-refractivity contribution in [2.75, 3.05) is 26.6 Å². The molecule has 15 aromatic rings. The maximum Gasteiger partial charge on any atom is 0.274 e. The highest BCUT2D eigenvalue weighted by Gasteiger charge is 2.16. The van der Waals surface area contributed by atoms with E-state index in [1.54, 1.807) is 239 Å². The molecular formula is C95H89ClF2N14O10. The molecular weight excluding hydrogens is 1570 g/mol. The Bertz CT molecular complexity index is 5640. The summed E-state index contributed by atoms with van der Waals surface area (Å²) < 4.78 is 55.4. The second-order valence-corrected chi connectivity index (χ2v) is 25.7. The molecule has 27 heteroatoms. The number of nitrogens with zero attached hydrogens (tertiary/aromatic N) is 9. The summed E-state index contributed by atoms with van der Waals surface area (Å²) in [6.45, 7) is 8.93. The fraction of sp³-hybridized carbons (Fsp3) is 0.0947. The number of benzene rings is 6. The van der Waals surface area contributed by atoms with Crippen LogP contribution in [0.3, 0.4) is 0 Å². The van der Waals surface area contributed by atoms with Gasteiger partial charge in [0.25, 0.3) is 29.5 Å². The second-order valence-electron chi connectivity index (χ2n) is 25.3. The van der Waals surface area contributed by atoms with Gasteiger partial charge in [0.15, 0.2) is 0 Å². The number of anilines is 5. The third-order valence-corrected chi connectivity index (χ3v) is 16.0. The fourth-order valence-electron chi connectivity index (χ4n) is 10.5. The smallest absolute Gasteiger partial charge is 0.274 e. The van der Waals surface area contributed by atoms with Crippen molar-refractivity contribution in [3.05, 3.63) is 396 Å². The Morgan fingerprint density at radius 1 is 0.279 bits per heavy atom. The lowest BCUT2D eigenvalue weighted by molar-refractivity contribution is 0.101. The Balaban J connectivity index is 0.000000208. The molecule has 0 aliphatic rings. The number of rotatable bonds is 20. The van der Waals surface area contributed by atoms with Crippen LogP contribution in [0.1, 0.15) is 110 Å². The van der Waals surface area contributed by atoms with Crippen molar-refractivity contribution in [2.24, 2.45) is 0 Å². The lowest BCUT2D eigenvalue weighted by atomic mass is 10.1. The molecule has 122 heavy (non-hydrogen) atoms. The first kappa shape index (κ1) is 93.3. The van der Waals surface area contributed by atoms with Gasteiger partial charge in [-0.2, -0.15) is 0 Å². The van der Waals surface area contributed by atoms with Crippen molar-refractivity contribution in [1.82, 2.24) is 44.9 Å². The minimum atomic E-state index is -0.524. The molecule has 0 fully saturated rings. The number of nitrogens with one attached hydrogen (secondary N) is 5. The minimum absolute atomic E-state index is 0. The maximum atomic E-state index is 13.8. The molecule has 0 saturated heterocycles. The average Bonchev–Trinajstić information content (AvgIpc) is 0.868. The zero-order chi connectivity index (χ0) is 83.0. The monoisotopic (exact) mass is 1660 g/mol. The first-order chi connectivity index (χ1) is 57.2. The molecule has 5 N–H and O–H groups in total. The molecule has 0 bridgehead atoms. The third kappa shape index (κ3) is 30.3. The highest BCUT2D eigenvalue weighted by Crippen LogP contribution is 2.32. The van der Waals surface area contributed by atoms with E-state index in [4.69, 9.17) is 35.3 Å². The molecule has 0 spiro atoms. The largest absolute Gasteiger partial charge is 0.456 e. The number of hydrogen-bond donors (Lipinski definition) is 5. The van der Waals surface area contributed by atoms with Gasteiger partial charge in [0.2, 0.25) is 0 Å². The Labute approximate surface area is 711 Å². The van der Waals surface area contributed by atoms with Crippen molar-refractivity contribution in [2.45, 2.75) is 64.3 Å². The Kier molecular flexibility index (Phi) is 36.3. The van der Waals surface area contributed by atoms with Gasteiger partial charge in [-0.15, -0.1) is 0 Å². The molecule has 15 rings (SSSR count). The van der Waals surface area contributed by atoms with E-state index in [0.717, 1.165) is 22.8 Å². The number of aryl methyl sites for hydroxylation is 5. The number of carbonyl (C=O) groups excluding carboxylic acids is 5. The predicted octanol–water partition coefficient (Wildman–Crippen LogP) is 23.2. The van der Waals surface area contributed by atoms with Crippen LogP contribution in [-0.2, 0) is 0 Å². The van der Waals surface area contributed by atoms with Crippen molar-refractivity contribution < 1.29 is 56.4 Å². The molecule has 24 nitrogen and oxygen atoms in total. The van der Waals surface area contributed by atoms with Crippen LogP contribution in [0.25, 0.3) is 0 Å². The van der Waals surface area contributed by atoms with Crippen LogP contribution in [-0.4, -0.2) is 74.4 Å². The van der Waals surface area contributed by atoms with Crippen LogP contribution >= 0.6 is 11.6 Å². The molecule has 620 valence electrons. The van der Waals surface area contributed by atoms with Gasteiger partial charge in [-0.3, -0.25) is 48.9 Å². The van der Waals surface area contributed by atoms with Crippen LogP contribution in [0.15, 0.2) is 323 Å². The minimum Gasteiger partial charge on any atom is -0.456 e. The van der Waals surface area contributed by atoms with Crippen molar-refractivity contribution >= 4 is 69.6 Å². The quantitative estimate of drug-likeness (QED) is 0.0473. The van der Waals surface area contributed by atoms with Gasteiger partial charge < -0.3 is 50.3 Å². The molecule has 0 saturated carbocycles. The van der Waals surface area contributed by atoms with Gasteiger partial charge in [0.05, 0.1) is 31.0 Å². The molecule has 0 unspecified atom stereocenters. The average molecular weight is 1660 g/mol. The summed E-state index contributed by atoms with van der Waals surface area (Å²) in [4.78, 5) is 97.8. The molecule has 0 aliphatic carbocycles. The summed E-state index contributed by atoms with van der Waals surface area (Å²) in [7, 11) is 0. The van der Waals surface area contributed by atoms with E-state index in [1.807, 2.05) is 75.4 Å². The first-order valence-electron chi connectivity index (χ1n) is 36.1. The highest BCUT2D eigenvalue weighted by molar-refractivity contribution is 6.31. The third-order valence-electron chi connectivity index (χ3n) is 15.8. The number of halogens is 3. The summed E-state index contributed by atoms with van der Waals surface area (Å²) in [6, 6.07) is 73.4. The number of pyridine rings is 9. The zero-order valence-electron chi connectivity index (χ0n) is 63.8. The first-order valence-corrected chi connectivity index (χ1v) is 36.5. The number of hydrogen-bond acceptors (Lipinski definition) is 19. The van der Waals surface area contributed by atoms with Gasteiger partial charge in [-0.25, -0.2) is 28.7 Å². The lowest BCUT2D eigenvalue weighted by Crippen LogP contribution is -2.14. The highest BCUT2D eigenvalue weighted by atomic mass is 35.5. The van der Waals surface area contributed by atoms with Crippen molar-refractivity contribution in [1.29, 1.82) is 0 Å². The van der Waals surface area contributed by atoms with Gasteiger partial charge in [0.1, 0.15) is 91.9 Å².